The van der Waals surface area contributed by atoms with Gasteiger partial charge in [-0.2, -0.15) is 0 Å². The predicted molar refractivity (Wildman–Crippen MR) is 107 cm³/mol. The molecule has 26 heavy (non-hydrogen) atoms. The summed E-state index contributed by atoms with van der Waals surface area (Å²) in [6, 6.07) is 10.7. The van der Waals surface area contributed by atoms with Gasteiger partial charge in [-0.25, -0.2) is 0 Å². The largest absolute Gasteiger partial charge is 0.369 e. The Balaban J connectivity index is 1.40. The van der Waals surface area contributed by atoms with Gasteiger partial charge in [-0.3, -0.25) is 4.90 Å². The zero-order valence-electron chi connectivity index (χ0n) is 15.9. The first kappa shape index (κ1) is 19.2. The van der Waals surface area contributed by atoms with Gasteiger partial charge in [0.15, 0.2) is 5.76 Å². The lowest BCUT2D eigenvalue weighted by atomic mass is 10.1. The molecule has 0 radical (unpaired) electrons. The van der Waals surface area contributed by atoms with E-state index in [0.717, 1.165) is 55.7 Å². The van der Waals surface area contributed by atoms with Gasteiger partial charge in [0.05, 0.1) is 12.2 Å². The number of halogens is 1. The van der Waals surface area contributed by atoms with E-state index < -0.39 is 0 Å². The van der Waals surface area contributed by atoms with Crippen LogP contribution in [-0.2, 0) is 6.54 Å². The average molecular weight is 377 g/mol. The van der Waals surface area contributed by atoms with E-state index in [9.17, 15) is 0 Å². The molecular formula is C20H29ClN4O. The molecule has 5 nitrogen and oxygen atoms in total. The number of aromatic nitrogens is 1. The van der Waals surface area contributed by atoms with E-state index >= 15 is 0 Å². The van der Waals surface area contributed by atoms with Crippen molar-refractivity contribution in [3.05, 3.63) is 46.8 Å². The van der Waals surface area contributed by atoms with Crippen LogP contribution in [0.25, 0.3) is 0 Å². The van der Waals surface area contributed by atoms with E-state index in [1.807, 2.05) is 18.2 Å². The fourth-order valence-electron chi connectivity index (χ4n) is 3.33. The van der Waals surface area contributed by atoms with Gasteiger partial charge < -0.3 is 14.7 Å². The van der Waals surface area contributed by atoms with Gasteiger partial charge in [-0.05, 0) is 37.1 Å². The molecule has 1 fully saturated rings. The summed E-state index contributed by atoms with van der Waals surface area (Å²) in [5, 5.41) is 8.36. The maximum atomic E-state index is 5.99. The molecule has 1 N–H and O–H groups in total. The van der Waals surface area contributed by atoms with Crippen LogP contribution in [0.4, 0.5) is 5.69 Å². The predicted octanol–water partition coefficient (Wildman–Crippen LogP) is 3.75. The summed E-state index contributed by atoms with van der Waals surface area (Å²) in [5.41, 5.74) is 2.28. The number of piperazine rings is 1. The first-order valence-electron chi connectivity index (χ1n) is 9.43. The zero-order valence-corrected chi connectivity index (χ0v) is 16.7. The van der Waals surface area contributed by atoms with Gasteiger partial charge in [0.1, 0.15) is 0 Å². The van der Waals surface area contributed by atoms with Gasteiger partial charge in [-0.1, -0.05) is 30.6 Å². The Bertz CT molecular complexity index is 685. The third-order valence-corrected chi connectivity index (χ3v) is 5.25. The molecule has 1 unspecified atom stereocenters. The average Bonchev–Trinajstić information content (AvgIpc) is 3.10. The Hall–Kier alpha value is -1.56. The van der Waals surface area contributed by atoms with Crippen molar-refractivity contribution < 1.29 is 4.52 Å². The molecular weight excluding hydrogens is 348 g/mol. The Morgan fingerprint density at radius 1 is 1.27 bits per heavy atom. The number of nitrogens with zero attached hydrogens (tertiary/aromatic N) is 3. The molecule has 2 heterocycles. The number of anilines is 1. The SMILES string of the molecule is CC(C)c1cc(CNCCN2CCN(c3ccc(Cl)cc3)CC2C)on1. The highest BCUT2D eigenvalue weighted by Gasteiger charge is 2.23. The summed E-state index contributed by atoms with van der Waals surface area (Å²) < 4.78 is 5.37. The van der Waals surface area contributed by atoms with Crippen LogP contribution < -0.4 is 10.2 Å². The van der Waals surface area contributed by atoms with E-state index in [-0.39, 0.29) is 0 Å². The van der Waals surface area contributed by atoms with Crippen LogP contribution in [0.1, 0.15) is 38.1 Å². The summed E-state index contributed by atoms with van der Waals surface area (Å²) in [6.45, 7) is 12.4. The monoisotopic (exact) mass is 376 g/mol. The minimum atomic E-state index is 0.408. The van der Waals surface area contributed by atoms with Crippen molar-refractivity contribution in [1.82, 2.24) is 15.4 Å². The third kappa shape index (κ3) is 5.00. The second-order valence-electron chi connectivity index (χ2n) is 7.36. The van der Waals surface area contributed by atoms with Crippen molar-refractivity contribution in [3.8, 4) is 0 Å². The lowest BCUT2D eigenvalue weighted by molar-refractivity contribution is 0.189. The first-order chi connectivity index (χ1) is 12.5. The summed E-state index contributed by atoms with van der Waals surface area (Å²) >= 11 is 5.99. The molecule has 0 saturated carbocycles. The maximum absolute atomic E-state index is 5.99. The zero-order chi connectivity index (χ0) is 18.5. The first-order valence-corrected chi connectivity index (χ1v) is 9.81. The lowest BCUT2D eigenvalue weighted by Crippen LogP contribution is -2.53. The van der Waals surface area contributed by atoms with Crippen molar-refractivity contribution in [1.29, 1.82) is 0 Å². The summed E-state index contributed by atoms with van der Waals surface area (Å²) in [6.07, 6.45) is 0. The van der Waals surface area contributed by atoms with Gasteiger partial charge in [-0.15, -0.1) is 0 Å². The van der Waals surface area contributed by atoms with Crippen LogP contribution in [0, 0.1) is 0 Å². The smallest absolute Gasteiger partial charge is 0.150 e. The van der Waals surface area contributed by atoms with Crippen LogP contribution in [0.2, 0.25) is 5.02 Å². The standard InChI is InChI=1S/C20H29ClN4O/c1-15(2)20-12-19(26-23-20)13-22-8-9-24-10-11-25(14-16(24)3)18-6-4-17(21)5-7-18/h4-7,12,15-16,22H,8-11,13-14H2,1-3H3. The van der Waals surface area contributed by atoms with Crippen LogP contribution in [0.15, 0.2) is 34.9 Å². The molecule has 0 aliphatic carbocycles. The van der Waals surface area contributed by atoms with Crippen molar-refractivity contribution in [2.45, 2.75) is 39.3 Å². The third-order valence-electron chi connectivity index (χ3n) is 5.00. The number of rotatable bonds is 7. The molecule has 142 valence electrons. The Labute approximate surface area is 161 Å². The number of hydrogen-bond acceptors (Lipinski definition) is 5. The topological polar surface area (TPSA) is 44.5 Å². The Morgan fingerprint density at radius 2 is 2.04 bits per heavy atom. The molecule has 1 atom stereocenters. The van der Waals surface area contributed by atoms with Crippen LogP contribution >= 0.6 is 11.6 Å². The molecule has 0 spiro atoms. The van der Waals surface area contributed by atoms with E-state index in [1.54, 1.807) is 0 Å². The van der Waals surface area contributed by atoms with E-state index in [4.69, 9.17) is 16.1 Å². The Morgan fingerprint density at radius 3 is 2.69 bits per heavy atom. The lowest BCUT2D eigenvalue weighted by Gasteiger charge is -2.41. The summed E-state index contributed by atoms with van der Waals surface area (Å²) in [7, 11) is 0. The van der Waals surface area contributed by atoms with E-state index in [0.29, 0.717) is 12.0 Å². The fraction of sp³-hybridized carbons (Fsp3) is 0.550. The molecule has 0 bridgehead atoms. The second-order valence-corrected chi connectivity index (χ2v) is 7.79. The van der Waals surface area contributed by atoms with Crippen molar-refractivity contribution >= 4 is 17.3 Å². The molecule has 1 aromatic heterocycles. The van der Waals surface area contributed by atoms with Gasteiger partial charge in [0, 0.05) is 55.5 Å². The number of nitrogens with one attached hydrogen (secondary N) is 1. The minimum Gasteiger partial charge on any atom is -0.369 e. The normalized spacial score (nSPS) is 18.7. The van der Waals surface area contributed by atoms with Gasteiger partial charge >= 0.3 is 0 Å². The maximum Gasteiger partial charge on any atom is 0.150 e. The van der Waals surface area contributed by atoms with E-state index in [2.05, 4.69) is 53.2 Å². The summed E-state index contributed by atoms with van der Waals surface area (Å²) in [4.78, 5) is 4.98. The molecule has 1 aliphatic rings. The van der Waals surface area contributed by atoms with Crippen LogP contribution in [0.5, 0.6) is 0 Å². The minimum absolute atomic E-state index is 0.408. The quantitative estimate of drug-likeness (QED) is 0.745. The molecule has 1 aromatic carbocycles. The number of hydrogen-bond donors (Lipinski definition) is 1. The van der Waals surface area contributed by atoms with Crippen molar-refractivity contribution in [2.24, 2.45) is 0 Å². The van der Waals surface area contributed by atoms with E-state index in [1.165, 1.54) is 5.69 Å². The molecule has 2 aromatic rings. The Kier molecular flexibility index (Phi) is 6.57. The van der Waals surface area contributed by atoms with Crippen LogP contribution in [0.3, 0.4) is 0 Å². The molecule has 1 aliphatic heterocycles. The van der Waals surface area contributed by atoms with Gasteiger partial charge in [0.2, 0.25) is 0 Å². The highest BCUT2D eigenvalue weighted by atomic mass is 35.5. The van der Waals surface area contributed by atoms with Crippen molar-refractivity contribution in [3.63, 3.8) is 0 Å². The molecule has 6 heteroatoms. The summed E-state index contributed by atoms with van der Waals surface area (Å²) in [5.74, 6) is 1.32. The number of benzene rings is 1. The van der Waals surface area contributed by atoms with Gasteiger partial charge in [0.25, 0.3) is 0 Å². The van der Waals surface area contributed by atoms with Crippen LogP contribution in [-0.4, -0.2) is 48.8 Å². The highest BCUT2D eigenvalue weighted by Crippen LogP contribution is 2.21. The highest BCUT2D eigenvalue weighted by molar-refractivity contribution is 6.30. The fourth-order valence-corrected chi connectivity index (χ4v) is 3.46. The second kappa shape index (κ2) is 8.89. The molecule has 1 saturated heterocycles. The van der Waals surface area contributed by atoms with Crippen molar-refractivity contribution in [2.75, 3.05) is 37.6 Å². The molecule has 3 rings (SSSR count). The molecule has 0 amide bonds.